The normalized spacial score (nSPS) is 23.0. The first-order valence-electron chi connectivity index (χ1n) is 10.4. The van der Waals surface area contributed by atoms with Crippen LogP contribution in [0.15, 0.2) is 36.5 Å². The molecule has 2 saturated heterocycles. The summed E-state index contributed by atoms with van der Waals surface area (Å²) in [6.45, 7) is -0.235. The Labute approximate surface area is 186 Å². The number of ether oxygens (including phenoxy) is 3. The number of benzene rings is 1. The first-order valence-corrected chi connectivity index (χ1v) is 10.4. The summed E-state index contributed by atoms with van der Waals surface area (Å²) < 4.78 is 93.9. The fourth-order valence-electron chi connectivity index (χ4n) is 4.50. The van der Waals surface area contributed by atoms with Gasteiger partial charge in [-0.3, -0.25) is 0 Å². The quantitative estimate of drug-likeness (QED) is 0.397. The molecule has 5 nitrogen and oxygen atoms in total. The Kier molecular flexibility index (Phi) is 6.35. The summed E-state index contributed by atoms with van der Waals surface area (Å²) in [7, 11) is 1.36. The molecule has 11 heteroatoms. The van der Waals surface area contributed by atoms with Gasteiger partial charge in [0.25, 0.3) is 0 Å². The van der Waals surface area contributed by atoms with Gasteiger partial charge in [0.15, 0.2) is 18.3 Å². The molecule has 0 unspecified atom stereocenters. The minimum absolute atomic E-state index is 0.00998. The van der Waals surface area contributed by atoms with Gasteiger partial charge in [-0.25, -0.2) is 4.98 Å². The van der Waals surface area contributed by atoms with Crippen LogP contribution in [0.1, 0.15) is 36.8 Å². The van der Waals surface area contributed by atoms with E-state index in [0.717, 1.165) is 37.2 Å². The van der Waals surface area contributed by atoms with E-state index in [-0.39, 0.29) is 36.5 Å². The Morgan fingerprint density at radius 2 is 1.55 bits per heavy atom. The van der Waals surface area contributed by atoms with Crippen molar-refractivity contribution in [1.82, 2.24) is 4.98 Å². The number of halogens is 6. The van der Waals surface area contributed by atoms with Crippen LogP contribution in [0, 0.1) is 0 Å². The lowest BCUT2D eigenvalue weighted by molar-refractivity contribution is -0.138. The van der Waals surface area contributed by atoms with Crippen molar-refractivity contribution in [1.29, 1.82) is 0 Å². The SMILES string of the molecule is COCOc1cc(C(F)(F)F)ccc1O[C@H]1C[C@H]2CC[C@@H](C1)N2c1ccc(C(F)(F)F)cn1. The Hall–Kier alpha value is -2.69. The summed E-state index contributed by atoms with van der Waals surface area (Å²) >= 11 is 0. The van der Waals surface area contributed by atoms with Gasteiger partial charge in [0.2, 0.25) is 0 Å². The number of anilines is 1. The van der Waals surface area contributed by atoms with E-state index in [1.807, 2.05) is 4.90 Å². The molecule has 0 saturated carbocycles. The average molecular weight is 476 g/mol. The van der Waals surface area contributed by atoms with E-state index in [1.54, 1.807) is 0 Å². The van der Waals surface area contributed by atoms with Crippen LogP contribution < -0.4 is 14.4 Å². The Morgan fingerprint density at radius 1 is 0.909 bits per heavy atom. The Balaban J connectivity index is 1.48. The number of pyridine rings is 1. The lowest BCUT2D eigenvalue weighted by Crippen LogP contribution is -2.46. The summed E-state index contributed by atoms with van der Waals surface area (Å²) in [4.78, 5) is 6.05. The molecule has 3 heterocycles. The van der Waals surface area contributed by atoms with E-state index >= 15 is 0 Å². The van der Waals surface area contributed by atoms with Crippen LogP contribution in [-0.2, 0) is 17.1 Å². The van der Waals surface area contributed by atoms with Crippen molar-refractivity contribution in [2.75, 3.05) is 18.8 Å². The van der Waals surface area contributed by atoms with Gasteiger partial charge in [0, 0.05) is 38.2 Å². The van der Waals surface area contributed by atoms with Crippen LogP contribution >= 0.6 is 0 Å². The van der Waals surface area contributed by atoms with Crippen LogP contribution in [0.2, 0.25) is 0 Å². The second-order valence-electron chi connectivity index (χ2n) is 8.12. The molecular weight excluding hydrogens is 454 g/mol. The maximum absolute atomic E-state index is 13.1. The van der Waals surface area contributed by atoms with Crippen LogP contribution in [0.4, 0.5) is 32.2 Å². The number of piperidine rings is 1. The number of methoxy groups -OCH3 is 1. The number of fused-ring (bicyclic) bond motifs is 2. The van der Waals surface area contributed by atoms with Crippen LogP contribution in [0.25, 0.3) is 0 Å². The van der Waals surface area contributed by atoms with E-state index in [9.17, 15) is 26.3 Å². The molecule has 2 aliphatic heterocycles. The molecule has 0 spiro atoms. The van der Waals surface area contributed by atoms with Gasteiger partial charge in [0.1, 0.15) is 11.9 Å². The highest BCUT2D eigenvalue weighted by Crippen LogP contribution is 2.42. The molecule has 2 aromatic rings. The third kappa shape index (κ3) is 5.13. The van der Waals surface area contributed by atoms with Crippen molar-refractivity contribution in [3.63, 3.8) is 0 Å². The summed E-state index contributed by atoms with van der Waals surface area (Å²) in [5.41, 5.74) is -1.66. The third-order valence-corrected chi connectivity index (χ3v) is 5.93. The van der Waals surface area contributed by atoms with E-state index in [0.29, 0.717) is 18.7 Å². The van der Waals surface area contributed by atoms with Crippen molar-refractivity contribution in [3.8, 4) is 11.5 Å². The molecule has 4 rings (SSSR count). The minimum atomic E-state index is -4.52. The lowest BCUT2D eigenvalue weighted by atomic mass is 9.99. The molecule has 33 heavy (non-hydrogen) atoms. The summed E-state index contributed by atoms with van der Waals surface area (Å²) in [5, 5.41) is 0. The van der Waals surface area contributed by atoms with Crippen molar-refractivity contribution >= 4 is 5.82 Å². The highest BCUT2D eigenvalue weighted by molar-refractivity contribution is 5.46. The van der Waals surface area contributed by atoms with Crippen molar-refractivity contribution < 1.29 is 40.6 Å². The molecular formula is C22H22F6N2O3. The summed E-state index contributed by atoms with van der Waals surface area (Å²) in [6.07, 6.45) is -5.65. The predicted molar refractivity (Wildman–Crippen MR) is 106 cm³/mol. The lowest BCUT2D eigenvalue weighted by Gasteiger charge is -2.39. The zero-order valence-electron chi connectivity index (χ0n) is 17.6. The second-order valence-corrected chi connectivity index (χ2v) is 8.12. The molecule has 2 aliphatic rings. The zero-order chi connectivity index (χ0) is 23.8. The first-order chi connectivity index (χ1) is 15.6. The molecule has 3 atom stereocenters. The largest absolute Gasteiger partial charge is 0.486 e. The van der Waals surface area contributed by atoms with E-state index in [1.165, 1.54) is 19.2 Å². The number of alkyl halides is 6. The number of aromatic nitrogens is 1. The predicted octanol–water partition coefficient (Wildman–Crippen LogP) is 5.68. The standard InChI is InChI=1S/C22H22F6N2O3/c1-31-12-32-19-8-13(21(23,24)25)2-6-18(19)33-17-9-15-4-5-16(10-17)30(15)20-7-3-14(11-29-20)22(26,27)28/h2-3,6-8,11,15-17H,4-5,9-10,12H2,1H3/t15-,16+,17+. The van der Waals surface area contributed by atoms with Crippen molar-refractivity contribution in [3.05, 3.63) is 47.7 Å². The number of nitrogens with zero attached hydrogens (tertiary/aromatic N) is 2. The molecule has 180 valence electrons. The average Bonchev–Trinajstić information content (AvgIpc) is 3.02. The Bertz CT molecular complexity index is 950. The van der Waals surface area contributed by atoms with E-state index in [2.05, 4.69) is 4.98 Å². The molecule has 0 radical (unpaired) electrons. The molecule has 0 aliphatic carbocycles. The van der Waals surface area contributed by atoms with Crippen LogP contribution in [0.5, 0.6) is 11.5 Å². The van der Waals surface area contributed by atoms with Gasteiger partial charge in [0.05, 0.1) is 11.1 Å². The molecule has 0 amide bonds. The van der Waals surface area contributed by atoms with E-state index < -0.39 is 23.5 Å². The third-order valence-electron chi connectivity index (χ3n) is 5.93. The number of hydrogen-bond acceptors (Lipinski definition) is 5. The van der Waals surface area contributed by atoms with Gasteiger partial charge < -0.3 is 19.1 Å². The zero-order valence-corrected chi connectivity index (χ0v) is 17.6. The fraction of sp³-hybridized carbons (Fsp3) is 0.500. The van der Waals surface area contributed by atoms with Gasteiger partial charge in [-0.2, -0.15) is 26.3 Å². The van der Waals surface area contributed by atoms with Gasteiger partial charge in [-0.15, -0.1) is 0 Å². The van der Waals surface area contributed by atoms with Gasteiger partial charge in [-0.05, 0) is 43.2 Å². The molecule has 2 bridgehead atoms. The van der Waals surface area contributed by atoms with Crippen LogP contribution in [0.3, 0.4) is 0 Å². The summed E-state index contributed by atoms with van der Waals surface area (Å²) in [6, 6.07) is 5.47. The van der Waals surface area contributed by atoms with Crippen LogP contribution in [-0.4, -0.2) is 37.1 Å². The molecule has 0 N–H and O–H groups in total. The molecule has 2 fully saturated rings. The van der Waals surface area contributed by atoms with Gasteiger partial charge in [-0.1, -0.05) is 0 Å². The first kappa shape index (κ1) is 23.5. The molecule has 1 aromatic carbocycles. The highest BCUT2D eigenvalue weighted by Gasteiger charge is 2.43. The number of hydrogen-bond donors (Lipinski definition) is 0. The summed E-state index contributed by atoms with van der Waals surface area (Å²) in [5.74, 6) is 0.601. The smallest absolute Gasteiger partial charge is 0.417 e. The monoisotopic (exact) mass is 476 g/mol. The highest BCUT2D eigenvalue weighted by atomic mass is 19.4. The minimum Gasteiger partial charge on any atom is -0.486 e. The second kappa shape index (κ2) is 8.92. The van der Waals surface area contributed by atoms with Crippen molar-refractivity contribution in [2.24, 2.45) is 0 Å². The van der Waals surface area contributed by atoms with E-state index in [4.69, 9.17) is 14.2 Å². The number of rotatable bonds is 6. The topological polar surface area (TPSA) is 43.8 Å². The maximum atomic E-state index is 13.1. The maximum Gasteiger partial charge on any atom is 0.417 e. The van der Waals surface area contributed by atoms with Gasteiger partial charge >= 0.3 is 12.4 Å². The molecule has 1 aromatic heterocycles. The Morgan fingerprint density at radius 3 is 2.09 bits per heavy atom. The van der Waals surface area contributed by atoms with Crippen molar-refractivity contribution in [2.45, 2.75) is 56.2 Å². The fourth-order valence-corrected chi connectivity index (χ4v) is 4.50.